The van der Waals surface area contributed by atoms with Gasteiger partial charge < -0.3 is 0 Å². The smallest absolute Gasteiger partial charge is 0.267 e. The van der Waals surface area contributed by atoms with Crippen molar-refractivity contribution >= 4 is 17.7 Å². The van der Waals surface area contributed by atoms with Crippen molar-refractivity contribution in [2.24, 2.45) is 0 Å². The maximum atomic E-state index is 11.7. The van der Waals surface area contributed by atoms with Crippen molar-refractivity contribution < 1.29 is 14.4 Å². The average Bonchev–Trinajstić information content (AvgIpc) is 2.18. The molecule has 0 fully saturated rings. The summed E-state index contributed by atoms with van der Waals surface area (Å²) < 4.78 is 0. The van der Waals surface area contributed by atoms with Gasteiger partial charge in [-0.3, -0.25) is 14.4 Å². The van der Waals surface area contributed by atoms with Crippen LogP contribution in [0.4, 0.5) is 0 Å². The number of carbonyl (C=O) groups excluding carboxylic acids is 3. The lowest BCUT2D eigenvalue weighted by Gasteiger charge is -2.14. The van der Waals surface area contributed by atoms with Crippen molar-refractivity contribution in [3.8, 4) is 0 Å². The maximum absolute atomic E-state index is 11.7. The van der Waals surface area contributed by atoms with E-state index in [-0.39, 0.29) is 0 Å². The van der Waals surface area contributed by atoms with E-state index in [0.717, 1.165) is 0 Å². The predicted octanol–water partition coefficient (Wildman–Crippen LogP) is 1.22. The van der Waals surface area contributed by atoms with E-state index >= 15 is 0 Å². The minimum Gasteiger partial charge on any atom is -0.274 e. The Balaban J connectivity index is 3.02. The fraction of sp³-hybridized carbons (Fsp3) is 0.182. The first-order valence-electron chi connectivity index (χ1n) is 4.44. The predicted molar refractivity (Wildman–Crippen MR) is 54.0 cm³/mol. The highest BCUT2D eigenvalue weighted by molar-refractivity contribution is 6.15. The van der Waals surface area contributed by atoms with Gasteiger partial charge in [-0.2, -0.15) is 0 Å². The first-order valence-corrected chi connectivity index (χ1v) is 4.44. The SMILES string of the molecule is CC(=O)N(C(C)=O)C(=O)c1ccccc1. The summed E-state index contributed by atoms with van der Waals surface area (Å²) in [7, 11) is 0. The summed E-state index contributed by atoms with van der Waals surface area (Å²) in [6.07, 6.45) is 0. The molecule has 0 N–H and O–H groups in total. The zero-order valence-electron chi connectivity index (χ0n) is 8.56. The Labute approximate surface area is 87.5 Å². The Morgan fingerprint density at radius 1 is 0.933 bits per heavy atom. The van der Waals surface area contributed by atoms with Crippen LogP contribution in [-0.4, -0.2) is 22.6 Å². The average molecular weight is 205 g/mol. The molecule has 4 nitrogen and oxygen atoms in total. The van der Waals surface area contributed by atoms with Crippen LogP contribution in [0.2, 0.25) is 0 Å². The highest BCUT2D eigenvalue weighted by Crippen LogP contribution is 2.05. The van der Waals surface area contributed by atoms with E-state index in [0.29, 0.717) is 10.5 Å². The first kappa shape index (κ1) is 11.1. The lowest BCUT2D eigenvalue weighted by atomic mass is 10.2. The van der Waals surface area contributed by atoms with Gasteiger partial charge in [0.25, 0.3) is 5.91 Å². The summed E-state index contributed by atoms with van der Waals surface area (Å²) in [6.45, 7) is 2.37. The zero-order chi connectivity index (χ0) is 11.4. The Morgan fingerprint density at radius 2 is 1.40 bits per heavy atom. The second kappa shape index (κ2) is 4.50. The molecule has 78 valence electrons. The Kier molecular flexibility index (Phi) is 3.33. The topological polar surface area (TPSA) is 54.5 Å². The highest BCUT2D eigenvalue weighted by Gasteiger charge is 2.23. The number of hydrogen-bond acceptors (Lipinski definition) is 3. The molecule has 3 amide bonds. The van der Waals surface area contributed by atoms with Crippen molar-refractivity contribution in [2.45, 2.75) is 13.8 Å². The fourth-order valence-electron chi connectivity index (χ4n) is 1.22. The standard InChI is InChI=1S/C11H11NO3/c1-8(13)12(9(2)14)11(15)10-6-4-3-5-7-10/h3-7H,1-2H3. The summed E-state index contributed by atoms with van der Waals surface area (Å²) in [4.78, 5) is 34.5. The van der Waals surface area contributed by atoms with Gasteiger partial charge in [-0.15, -0.1) is 0 Å². The van der Waals surface area contributed by atoms with Crippen LogP contribution in [0.5, 0.6) is 0 Å². The summed E-state index contributed by atoms with van der Waals surface area (Å²) in [6, 6.07) is 8.21. The third-order valence-electron chi connectivity index (χ3n) is 1.85. The first-order chi connectivity index (χ1) is 7.04. The minimum absolute atomic E-state index is 0.322. The number of nitrogens with zero attached hydrogens (tertiary/aromatic N) is 1. The van der Waals surface area contributed by atoms with Crippen LogP contribution >= 0.6 is 0 Å². The minimum atomic E-state index is -0.587. The van der Waals surface area contributed by atoms with Gasteiger partial charge in [0, 0.05) is 19.4 Å². The van der Waals surface area contributed by atoms with Crippen LogP contribution in [-0.2, 0) is 9.59 Å². The molecule has 1 rings (SSSR count). The van der Waals surface area contributed by atoms with E-state index in [1.807, 2.05) is 0 Å². The van der Waals surface area contributed by atoms with Crippen molar-refractivity contribution in [1.29, 1.82) is 0 Å². The molecule has 15 heavy (non-hydrogen) atoms. The van der Waals surface area contributed by atoms with Gasteiger partial charge in [0.05, 0.1) is 0 Å². The molecule has 0 unspecified atom stereocenters. The molecular weight excluding hydrogens is 194 g/mol. The zero-order valence-corrected chi connectivity index (χ0v) is 8.56. The van der Waals surface area contributed by atoms with Gasteiger partial charge in [-0.05, 0) is 12.1 Å². The summed E-state index contributed by atoms with van der Waals surface area (Å²) in [5, 5.41) is 0. The Bertz CT molecular complexity index is 384. The van der Waals surface area contributed by atoms with Crippen molar-refractivity contribution in [3.05, 3.63) is 35.9 Å². The lowest BCUT2D eigenvalue weighted by Crippen LogP contribution is -2.38. The van der Waals surface area contributed by atoms with E-state index in [4.69, 9.17) is 0 Å². The molecule has 0 aliphatic carbocycles. The summed E-state index contributed by atoms with van der Waals surface area (Å²) >= 11 is 0. The molecule has 0 heterocycles. The number of amides is 3. The van der Waals surface area contributed by atoms with Crippen LogP contribution < -0.4 is 0 Å². The maximum Gasteiger partial charge on any atom is 0.267 e. The van der Waals surface area contributed by atoms with Crippen molar-refractivity contribution in [3.63, 3.8) is 0 Å². The number of benzene rings is 1. The van der Waals surface area contributed by atoms with E-state index in [1.54, 1.807) is 30.3 Å². The van der Waals surface area contributed by atoms with Crippen LogP contribution in [0.1, 0.15) is 24.2 Å². The molecule has 0 radical (unpaired) electrons. The van der Waals surface area contributed by atoms with Crippen LogP contribution in [0.15, 0.2) is 30.3 Å². The molecule has 4 heteroatoms. The largest absolute Gasteiger partial charge is 0.274 e. The molecule has 0 aliphatic heterocycles. The normalized spacial score (nSPS) is 9.47. The Morgan fingerprint density at radius 3 is 1.80 bits per heavy atom. The molecule has 0 saturated heterocycles. The number of rotatable bonds is 1. The van der Waals surface area contributed by atoms with E-state index in [2.05, 4.69) is 0 Å². The quantitative estimate of drug-likeness (QED) is 0.692. The van der Waals surface area contributed by atoms with Crippen LogP contribution in [0.25, 0.3) is 0 Å². The van der Waals surface area contributed by atoms with E-state index < -0.39 is 17.7 Å². The monoisotopic (exact) mass is 205 g/mol. The molecule has 0 spiro atoms. The van der Waals surface area contributed by atoms with E-state index in [9.17, 15) is 14.4 Å². The van der Waals surface area contributed by atoms with Gasteiger partial charge in [0.2, 0.25) is 11.8 Å². The number of imide groups is 3. The molecule has 0 atom stereocenters. The van der Waals surface area contributed by atoms with Gasteiger partial charge in [-0.1, -0.05) is 18.2 Å². The Hall–Kier alpha value is -1.97. The van der Waals surface area contributed by atoms with Crippen LogP contribution in [0.3, 0.4) is 0 Å². The van der Waals surface area contributed by atoms with Gasteiger partial charge >= 0.3 is 0 Å². The molecule has 0 aromatic heterocycles. The third kappa shape index (κ3) is 2.49. The van der Waals surface area contributed by atoms with Gasteiger partial charge in [0.15, 0.2) is 0 Å². The molecule has 0 bridgehead atoms. The van der Waals surface area contributed by atoms with E-state index in [1.165, 1.54) is 13.8 Å². The fourth-order valence-corrected chi connectivity index (χ4v) is 1.22. The summed E-state index contributed by atoms with van der Waals surface area (Å²) in [5.74, 6) is -1.73. The van der Waals surface area contributed by atoms with Crippen LogP contribution in [0, 0.1) is 0 Å². The molecule has 0 aliphatic rings. The number of hydrogen-bond donors (Lipinski definition) is 0. The molecule has 0 saturated carbocycles. The molecular formula is C11H11NO3. The lowest BCUT2D eigenvalue weighted by molar-refractivity contribution is -0.138. The number of carbonyl (C=O) groups is 3. The van der Waals surface area contributed by atoms with Gasteiger partial charge in [-0.25, -0.2) is 4.90 Å². The second-order valence-electron chi connectivity index (χ2n) is 3.04. The molecule has 1 aromatic carbocycles. The summed E-state index contributed by atoms with van der Waals surface area (Å²) in [5.41, 5.74) is 0.322. The van der Waals surface area contributed by atoms with Crippen molar-refractivity contribution in [2.75, 3.05) is 0 Å². The molecule has 1 aromatic rings. The third-order valence-corrected chi connectivity index (χ3v) is 1.85. The highest BCUT2D eigenvalue weighted by atomic mass is 16.2. The van der Waals surface area contributed by atoms with Crippen molar-refractivity contribution in [1.82, 2.24) is 4.90 Å². The van der Waals surface area contributed by atoms with Gasteiger partial charge in [0.1, 0.15) is 0 Å². The second-order valence-corrected chi connectivity index (χ2v) is 3.04.